The Labute approximate surface area is 111 Å². The molecule has 0 spiro atoms. The summed E-state index contributed by atoms with van der Waals surface area (Å²) in [6, 6.07) is 0. The van der Waals surface area contributed by atoms with Gasteiger partial charge in [0.15, 0.2) is 0 Å². The van der Waals surface area contributed by atoms with Crippen molar-refractivity contribution in [3.8, 4) is 0 Å². The third kappa shape index (κ3) is 4.58. The molecule has 0 aromatic rings. The second kappa shape index (κ2) is 7.10. The summed E-state index contributed by atoms with van der Waals surface area (Å²) in [5.74, 6) is 7.87. The van der Waals surface area contributed by atoms with Gasteiger partial charge in [-0.15, -0.1) is 0 Å². The number of nitrogens with zero attached hydrogens (tertiary/aromatic N) is 1. The second-order valence-corrected chi connectivity index (χ2v) is 6.32. The molecule has 0 aliphatic heterocycles. The maximum absolute atomic E-state index is 5.58. The number of aliphatic imine (C=N–C) groups is 1. The number of hydrazine groups is 1. The van der Waals surface area contributed by atoms with E-state index in [4.69, 9.17) is 10.6 Å². The van der Waals surface area contributed by atoms with Crippen molar-refractivity contribution in [2.45, 2.75) is 46.5 Å². The summed E-state index contributed by atoms with van der Waals surface area (Å²) >= 11 is 0. The first-order chi connectivity index (χ1) is 8.49. The van der Waals surface area contributed by atoms with E-state index in [9.17, 15) is 0 Å². The molecule has 0 radical (unpaired) electrons. The number of hydrogen-bond donors (Lipinski definition) is 2. The number of amidine groups is 1. The summed E-state index contributed by atoms with van der Waals surface area (Å²) in [4.78, 5) is 4.50. The van der Waals surface area contributed by atoms with Gasteiger partial charge in [0, 0.05) is 13.0 Å². The van der Waals surface area contributed by atoms with Crippen LogP contribution in [0.3, 0.4) is 0 Å². The Morgan fingerprint density at radius 2 is 1.89 bits per heavy atom. The Hall–Kier alpha value is -0.610. The molecule has 0 bridgehead atoms. The minimum atomic E-state index is 0.425. The van der Waals surface area contributed by atoms with Crippen LogP contribution in [0, 0.1) is 17.3 Å². The van der Waals surface area contributed by atoms with E-state index in [1.54, 1.807) is 7.11 Å². The van der Waals surface area contributed by atoms with Crippen molar-refractivity contribution in [2.75, 3.05) is 20.3 Å². The molecule has 0 amide bonds. The Bertz CT molecular complexity index is 263. The Morgan fingerprint density at radius 3 is 2.33 bits per heavy atom. The highest BCUT2D eigenvalue weighted by Crippen LogP contribution is 2.39. The van der Waals surface area contributed by atoms with Crippen molar-refractivity contribution in [1.82, 2.24) is 5.43 Å². The van der Waals surface area contributed by atoms with Gasteiger partial charge in [-0.25, -0.2) is 5.84 Å². The molecule has 0 atom stereocenters. The molecule has 106 valence electrons. The van der Waals surface area contributed by atoms with Gasteiger partial charge in [-0.1, -0.05) is 20.8 Å². The third-order valence-electron chi connectivity index (χ3n) is 4.06. The van der Waals surface area contributed by atoms with Gasteiger partial charge in [0.25, 0.3) is 0 Å². The van der Waals surface area contributed by atoms with Crippen LogP contribution in [-0.4, -0.2) is 26.1 Å². The molecule has 18 heavy (non-hydrogen) atoms. The monoisotopic (exact) mass is 255 g/mol. The number of hydrogen-bond acceptors (Lipinski definition) is 3. The summed E-state index contributed by atoms with van der Waals surface area (Å²) < 4.78 is 5.01. The Kier molecular flexibility index (Phi) is 6.09. The molecule has 0 saturated heterocycles. The standard InChI is InChI=1S/C14H29N3O/c1-14(2,3)12-7-5-11(6-8-12)13(17-15)16-9-10-18-4/h11-12H,5-10,15H2,1-4H3,(H,16,17). The summed E-state index contributed by atoms with van der Waals surface area (Å²) in [6.45, 7) is 8.37. The molecule has 1 rings (SSSR count). The largest absolute Gasteiger partial charge is 0.383 e. The van der Waals surface area contributed by atoms with E-state index in [0.29, 0.717) is 24.5 Å². The zero-order valence-electron chi connectivity index (χ0n) is 12.3. The van der Waals surface area contributed by atoms with Crippen LogP contribution in [-0.2, 0) is 4.74 Å². The summed E-state index contributed by atoms with van der Waals surface area (Å²) in [7, 11) is 1.69. The maximum Gasteiger partial charge on any atom is 0.113 e. The number of nitrogens with two attached hydrogens (primary N) is 1. The zero-order valence-corrected chi connectivity index (χ0v) is 12.3. The van der Waals surface area contributed by atoms with Crippen LogP contribution in [0.1, 0.15) is 46.5 Å². The maximum atomic E-state index is 5.58. The Morgan fingerprint density at radius 1 is 1.28 bits per heavy atom. The predicted octanol–water partition coefficient (Wildman–Crippen LogP) is 2.35. The van der Waals surface area contributed by atoms with Gasteiger partial charge in [-0.2, -0.15) is 0 Å². The minimum absolute atomic E-state index is 0.425. The SMILES string of the molecule is COCCN=C(NN)C1CCC(C(C)(C)C)CC1. The van der Waals surface area contributed by atoms with Gasteiger partial charge < -0.3 is 10.2 Å². The highest BCUT2D eigenvalue weighted by Gasteiger charge is 2.31. The van der Waals surface area contributed by atoms with Gasteiger partial charge in [0.05, 0.1) is 13.2 Å². The number of methoxy groups -OCH3 is 1. The molecule has 4 nitrogen and oxygen atoms in total. The van der Waals surface area contributed by atoms with Crippen molar-refractivity contribution in [3.05, 3.63) is 0 Å². The Balaban J connectivity index is 2.47. The first-order valence-corrected chi connectivity index (χ1v) is 6.99. The van der Waals surface area contributed by atoms with Crippen molar-refractivity contribution < 1.29 is 4.74 Å². The van der Waals surface area contributed by atoms with Crippen LogP contribution < -0.4 is 11.3 Å². The molecule has 1 aliphatic carbocycles. The fourth-order valence-corrected chi connectivity index (χ4v) is 2.78. The van der Waals surface area contributed by atoms with E-state index in [2.05, 4.69) is 31.2 Å². The highest BCUT2D eigenvalue weighted by molar-refractivity contribution is 5.84. The molecule has 1 fully saturated rings. The van der Waals surface area contributed by atoms with Crippen molar-refractivity contribution in [2.24, 2.45) is 28.1 Å². The predicted molar refractivity (Wildman–Crippen MR) is 76.4 cm³/mol. The fourth-order valence-electron chi connectivity index (χ4n) is 2.78. The molecular weight excluding hydrogens is 226 g/mol. The summed E-state index contributed by atoms with van der Waals surface area (Å²) in [6.07, 6.45) is 4.94. The smallest absolute Gasteiger partial charge is 0.113 e. The van der Waals surface area contributed by atoms with E-state index in [-0.39, 0.29) is 0 Å². The van der Waals surface area contributed by atoms with Crippen LogP contribution in [0.15, 0.2) is 4.99 Å². The van der Waals surface area contributed by atoms with Gasteiger partial charge >= 0.3 is 0 Å². The molecular formula is C14H29N3O. The van der Waals surface area contributed by atoms with Crippen LogP contribution in [0.4, 0.5) is 0 Å². The number of rotatable bonds is 4. The molecule has 1 saturated carbocycles. The quantitative estimate of drug-likeness (QED) is 0.266. The van der Waals surface area contributed by atoms with Crippen LogP contribution in [0.2, 0.25) is 0 Å². The zero-order chi connectivity index (χ0) is 13.6. The number of nitrogens with one attached hydrogen (secondary N) is 1. The molecule has 0 aromatic heterocycles. The highest BCUT2D eigenvalue weighted by atomic mass is 16.5. The average Bonchev–Trinajstić information content (AvgIpc) is 2.34. The topological polar surface area (TPSA) is 59.6 Å². The van der Waals surface area contributed by atoms with Crippen LogP contribution in [0.25, 0.3) is 0 Å². The molecule has 0 unspecified atom stereocenters. The van der Waals surface area contributed by atoms with Crippen LogP contribution >= 0.6 is 0 Å². The lowest BCUT2D eigenvalue weighted by atomic mass is 9.69. The van der Waals surface area contributed by atoms with E-state index in [1.807, 2.05) is 0 Å². The van der Waals surface area contributed by atoms with E-state index in [1.165, 1.54) is 25.7 Å². The average molecular weight is 255 g/mol. The van der Waals surface area contributed by atoms with Crippen molar-refractivity contribution in [3.63, 3.8) is 0 Å². The van der Waals surface area contributed by atoms with Gasteiger partial charge in [0.1, 0.15) is 5.84 Å². The molecule has 1 aliphatic rings. The summed E-state index contributed by atoms with van der Waals surface area (Å²) in [5.41, 5.74) is 3.20. The number of ether oxygens (including phenoxy) is 1. The first kappa shape index (κ1) is 15.4. The lowest BCUT2D eigenvalue weighted by Crippen LogP contribution is -2.39. The third-order valence-corrected chi connectivity index (χ3v) is 4.06. The molecule has 0 aromatic carbocycles. The van der Waals surface area contributed by atoms with Crippen molar-refractivity contribution >= 4 is 5.84 Å². The van der Waals surface area contributed by atoms with Crippen LogP contribution in [0.5, 0.6) is 0 Å². The van der Waals surface area contributed by atoms with Gasteiger partial charge in [0.2, 0.25) is 0 Å². The van der Waals surface area contributed by atoms with E-state index < -0.39 is 0 Å². The molecule has 4 heteroatoms. The molecule has 0 heterocycles. The first-order valence-electron chi connectivity index (χ1n) is 6.99. The van der Waals surface area contributed by atoms with Gasteiger partial charge in [-0.3, -0.25) is 4.99 Å². The fraction of sp³-hybridized carbons (Fsp3) is 0.929. The minimum Gasteiger partial charge on any atom is -0.383 e. The molecule has 3 N–H and O–H groups in total. The lowest BCUT2D eigenvalue weighted by molar-refractivity contribution is 0.166. The second-order valence-electron chi connectivity index (χ2n) is 6.32. The van der Waals surface area contributed by atoms with Gasteiger partial charge in [-0.05, 0) is 37.0 Å². The van der Waals surface area contributed by atoms with E-state index in [0.717, 1.165) is 11.8 Å². The summed E-state index contributed by atoms with van der Waals surface area (Å²) in [5, 5.41) is 0. The van der Waals surface area contributed by atoms with Crippen molar-refractivity contribution in [1.29, 1.82) is 0 Å². The lowest BCUT2D eigenvalue weighted by Gasteiger charge is -2.37. The van der Waals surface area contributed by atoms with E-state index >= 15 is 0 Å². The normalized spacial score (nSPS) is 26.2.